The molecule has 0 saturated carbocycles. The van der Waals surface area contributed by atoms with Gasteiger partial charge in [0.2, 0.25) is 0 Å². The zero-order valence-electron chi connectivity index (χ0n) is 13.2. The van der Waals surface area contributed by atoms with Crippen LogP contribution in [0.25, 0.3) is 0 Å². The van der Waals surface area contributed by atoms with Gasteiger partial charge < -0.3 is 10.5 Å². The molecule has 2 heterocycles. The zero-order chi connectivity index (χ0) is 14.1. The molecule has 0 spiro atoms. The van der Waals surface area contributed by atoms with E-state index in [2.05, 4.69) is 32.6 Å². The molecule has 3 nitrogen and oxygen atoms in total. The highest BCUT2D eigenvalue weighted by Gasteiger charge is 2.46. The standard InChI is InChI=1S/C16H32N2O/c1-5-15(4)11-16(12-17,6-7-19-15)18-9-13(2)8-14(3)10-18/h13-14H,5-12,17H2,1-4H3. The SMILES string of the molecule is CCC1(C)CC(CN)(N2CC(C)CC(C)C2)CCO1. The molecule has 0 aliphatic carbocycles. The number of rotatable bonds is 3. The Labute approximate surface area is 118 Å². The molecule has 4 atom stereocenters. The van der Waals surface area contributed by atoms with Crippen LogP contribution in [0, 0.1) is 11.8 Å². The quantitative estimate of drug-likeness (QED) is 0.855. The van der Waals surface area contributed by atoms with Gasteiger partial charge >= 0.3 is 0 Å². The summed E-state index contributed by atoms with van der Waals surface area (Å²) in [6, 6.07) is 0. The molecule has 0 bridgehead atoms. The molecule has 0 radical (unpaired) electrons. The maximum atomic E-state index is 6.24. The largest absolute Gasteiger partial charge is 0.375 e. The third-order valence-electron chi connectivity index (χ3n) is 5.39. The van der Waals surface area contributed by atoms with Crippen molar-refractivity contribution in [3.05, 3.63) is 0 Å². The average molecular weight is 268 g/mol. The Morgan fingerprint density at radius 1 is 1.26 bits per heavy atom. The monoisotopic (exact) mass is 268 g/mol. The first-order valence-electron chi connectivity index (χ1n) is 8.02. The molecule has 0 aromatic heterocycles. The Kier molecular flexibility index (Phi) is 4.59. The second-order valence-electron chi connectivity index (χ2n) is 7.36. The molecule has 2 N–H and O–H groups in total. The van der Waals surface area contributed by atoms with Crippen molar-refractivity contribution in [2.45, 2.75) is 64.5 Å². The molecule has 0 aromatic rings. The molecule has 0 aromatic carbocycles. The van der Waals surface area contributed by atoms with Gasteiger partial charge in [0.05, 0.1) is 5.60 Å². The molecule has 2 aliphatic heterocycles. The number of nitrogens with two attached hydrogens (primary N) is 1. The van der Waals surface area contributed by atoms with Crippen LogP contribution in [0.3, 0.4) is 0 Å². The summed E-state index contributed by atoms with van der Waals surface area (Å²) in [5.74, 6) is 1.59. The van der Waals surface area contributed by atoms with E-state index in [1.54, 1.807) is 0 Å². The number of nitrogens with zero attached hydrogens (tertiary/aromatic N) is 1. The fraction of sp³-hybridized carbons (Fsp3) is 1.00. The molecule has 0 amide bonds. The van der Waals surface area contributed by atoms with Crippen molar-refractivity contribution in [2.75, 3.05) is 26.2 Å². The van der Waals surface area contributed by atoms with Crippen molar-refractivity contribution in [3.8, 4) is 0 Å². The molecule has 2 fully saturated rings. The third kappa shape index (κ3) is 3.14. The predicted octanol–water partition coefficient (Wildman–Crippen LogP) is 2.64. The summed E-state index contributed by atoms with van der Waals surface area (Å²) >= 11 is 0. The lowest BCUT2D eigenvalue weighted by Gasteiger charge is -2.54. The summed E-state index contributed by atoms with van der Waals surface area (Å²) in [5, 5.41) is 0. The Bertz CT molecular complexity index is 299. The lowest BCUT2D eigenvalue weighted by molar-refractivity contribution is -0.137. The highest BCUT2D eigenvalue weighted by atomic mass is 16.5. The van der Waals surface area contributed by atoms with E-state index in [4.69, 9.17) is 10.5 Å². The van der Waals surface area contributed by atoms with Crippen molar-refractivity contribution >= 4 is 0 Å². The smallest absolute Gasteiger partial charge is 0.0670 e. The van der Waals surface area contributed by atoms with Crippen LogP contribution in [-0.2, 0) is 4.74 Å². The first-order chi connectivity index (χ1) is 8.93. The number of ether oxygens (including phenoxy) is 1. The topological polar surface area (TPSA) is 38.5 Å². The van der Waals surface area contributed by atoms with Gasteiger partial charge in [-0.05, 0) is 44.4 Å². The Balaban J connectivity index is 2.17. The van der Waals surface area contributed by atoms with E-state index >= 15 is 0 Å². The Hall–Kier alpha value is -0.120. The van der Waals surface area contributed by atoms with Gasteiger partial charge in [0.1, 0.15) is 0 Å². The molecular weight excluding hydrogens is 236 g/mol. The lowest BCUT2D eigenvalue weighted by Crippen LogP contribution is -2.63. The molecule has 19 heavy (non-hydrogen) atoms. The Morgan fingerprint density at radius 3 is 2.42 bits per heavy atom. The van der Waals surface area contributed by atoms with Crippen LogP contribution in [0.5, 0.6) is 0 Å². The first-order valence-corrected chi connectivity index (χ1v) is 8.02. The fourth-order valence-corrected chi connectivity index (χ4v) is 4.17. The van der Waals surface area contributed by atoms with Crippen molar-refractivity contribution in [2.24, 2.45) is 17.6 Å². The summed E-state index contributed by atoms with van der Waals surface area (Å²) in [5.41, 5.74) is 6.43. The molecule has 2 rings (SSSR count). The highest BCUT2D eigenvalue weighted by molar-refractivity contribution is 5.02. The summed E-state index contributed by atoms with van der Waals surface area (Å²) in [6.07, 6.45) is 4.62. The van der Waals surface area contributed by atoms with Gasteiger partial charge in [0, 0.05) is 31.8 Å². The van der Waals surface area contributed by atoms with E-state index in [1.807, 2.05) is 0 Å². The molecule has 3 heteroatoms. The zero-order valence-corrected chi connectivity index (χ0v) is 13.2. The van der Waals surface area contributed by atoms with E-state index in [9.17, 15) is 0 Å². The van der Waals surface area contributed by atoms with Gasteiger partial charge in [-0.1, -0.05) is 20.8 Å². The maximum Gasteiger partial charge on any atom is 0.0670 e. The summed E-state index contributed by atoms with van der Waals surface area (Å²) in [6.45, 7) is 13.3. The van der Waals surface area contributed by atoms with Crippen molar-refractivity contribution in [3.63, 3.8) is 0 Å². The average Bonchev–Trinajstić information content (AvgIpc) is 2.37. The molecule has 2 aliphatic rings. The number of piperidine rings is 1. The predicted molar refractivity (Wildman–Crippen MR) is 80.2 cm³/mol. The van der Waals surface area contributed by atoms with Crippen molar-refractivity contribution < 1.29 is 4.74 Å². The van der Waals surface area contributed by atoms with E-state index in [0.717, 1.165) is 44.2 Å². The number of hydrogen-bond donors (Lipinski definition) is 1. The van der Waals surface area contributed by atoms with E-state index in [1.165, 1.54) is 19.5 Å². The van der Waals surface area contributed by atoms with Gasteiger partial charge in [0.15, 0.2) is 0 Å². The van der Waals surface area contributed by atoms with Crippen LogP contribution in [0.1, 0.15) is 53.4 Å². The minimum absolute atomic E-state index is 0.0154. The molecule has 2 saturated heterocycles. The van der Waals surface area contributed by atoms with E-state index in [-0.39, 0.29) is 11.1 Å². The third-order valence-corrected chi connectivity index (χ3v) is 5.39. The van der Waals surface area contributed by atoms with Crippen molar-refractivity contribution in [1.29, 1.82) is 0 Å². The number of likely N-dealkylation sites (tertiary alicyclic amines) is 1. The minimum atomic E-state index is 0.0154. The summed E-state index contributed by atoms with van der Waals surface area (Å²) in [7, 11) is 0. The van der Waals surface area contributed by atoms with Crippen LogP contribution >= 0.6 is 0 Å². The summed E-state index contributed by atoms with van der Waals surface area (Å²) < 4.78 is 6.03. The van der Waals surface area contributed by atoms with Gasteiger partial charge in [0.25, 0.3) is 0 Å². The normalized spacial score (nSPS) is 45.3. The van der Waals surface area contributed by atoms with Gasteiger partial charge in [-0.25, -0.2) is 0 Å². The van der Waals surface area contributed by atoms with E-state index < -0.39 is 0 Å². The molecule has 112 valence electrons. The van der Waals surface area contributed by atoms with Gasteiger partial charge in [-0.2, -0.15) is 0 Å². The van der Waals surface area contributed by atoms with Gasteiger partial charge in [-0.3, -0.25) is 4.90 Å². The molecule has 4 unspecified atom stereocenters. The number of hydrogen-bond acceptors (Lipinski definition) is 3. The lowest BCUT2D eigenvalue weighted by atomic mass is 9.76. The van der Waals surface area contributed by atoms with Crippen molar-refractivity contribution in [1.82, 2.24) is 4.90 Å². The fourth-order valence-electron chi connectivity index (χ4n) is 4.17. The summed E-state index contributed by atoms with van der Waals surface area (Å²) in [4.78, 5) is 2.70. The van der Waals surface area contributed by atoms with Crippen LogP contribution in [0.2, 0.25) is 0 Å². The van der Waals surface area contributed by atoms with E-state index in [0.29, 0.717) is 0 Å². The van der Waals surface area contributed by atoms with Crippen LogP contribution in [0.4, 0.5) is 0 Å². The van der Waals surface area contributed by atoms with Crippen LogP contribution < -0.4 is 5.73 Å². The minimum Gasteiger partial charge on any atom is -0.375 e. The van der Waals surface area contributed by atoms with Gasteiger partial charge in [-0.15, -0.1) is 0 Å². The Morgan fingerprint density at radius 2 is 1.89 bits per heavy atom. The highest BCUT2D eigenvalue weighted by Crippen LogP contribution is 2.40. The second kappa shape index (κ2) is 5.71. The first kappa shape index (κ1) is 15.3. The second-order valence-corrected chi connectivity index (χ2v) is 7.36. The molecular formula is C16H32N2O. The maximum absolute atomic E-state index is 6.24. The van der Waals surface area contributed by atoms with Crippen LogP contribution in [-0.4, -0.2) is 42.3 Å². The van der Waals surface area contributed by atoms with Crippen LogP contribution in [0.15, 0.2) is 0 Å².